The van der Waals surface area contributed by atoms with Crippen molar-refractivity contribution in [2.45, 2.75) is 26.7 Å². The smallest absolute Gasteiger partial charge is 0.270 e. The number of nitro groups is 1. The molecule has 0 fully saturated rings. The topological polar surface area (TPSA) is 81.0 Å². The number of rotatable bonds is 4. The molecule has 1 aromatic carbocycles. The molecule has 110 valence electrons. The second-order valence-corrected chi connectivity index (χ2v) is 5.16. The van der Waals surface area contributed by atoms with Crippen LogP contribution < -0.4 is 5.32 Å². The Labute approximate surface area is 123 Å². The number of hydrogen-bond acceptors (Lipinski definition) is 5. The van der Waals surface area contributed by atoms with Gasteiger partial charge in [0.25, 0.3) is 5.69 Å². The fourth-order valence-corrected chi connectivity index (χ4v) is 1.97. The van der Waals surface area contributed by atoms with Crippen LogP contribution in [0.4, 0.5) is 11.5 Å². The van der Waals surface area contributed by atoms with Crippen LogP contribution in [-0.4, -0.2) is 21.9 Å². The molecule has 1 N–H and O–H groups in total. The highest BCUT2D eigenvalue weighted by Crippen LogP contribution is 2.27. The number of nitrogens with one attached hydrogen (secondary N) is 1. The quantitative estimate of drug-likeness (QED) is 0.687. The summed E-state index contributed by atoms with van der Waals surface area (Å²) in [4.78, 5) is 19.5. The predicted molar refractivity (Wildman–Crippen MR) is 82.5 cm³/mol. The SMILES string of the molecule is CNc1cc(C(C)C)nc(-c2cc([N+](=O)[O-])ccc2C)n1. The van der Waals surface area contributed by atoms with Crippen molar-refractivity contribution in [2.75, 3.05) is 12.4 Å². The molecule has 1 heterocycles. The van der Waals surface area contributed by atoms with Crippen molar-refractivity contribution in [1.82, 2.24) is 9.97 Å². The summed E-state index contributed by atoms with van der Waals surface area (Å²) in [5, 5.41) is 14.0. The van der Waals surface area contributed by atoms with Gasteiger partial charge < -0.3 is 5.32 Å². The van der Waals surface area contributed by atoms with Crippen molar-refractivity contribution < 1.29 is 4.92 Å². The lowest BCUT2D eigenvalue weighted by Crippen LogP contribution is -2.03. The lowest BCUT2D eigenvalue weighted by atomic mass is 10.1. The molecule has 0 atom stereocenters. The van der Waals surface area contributed by atoms with Gasteiger partial charge in [0.1, 0.15) is 5.82 Å². The maximum atomic E-state index is 10.9. The Morgan fingerprint density at radius 1 is 1.24 bits per heavy atom. The van der Waals surface area contributed by atoms with Crippen LogP contribution >= 0.6 is 0 Å². The van der Waals surface area contributed by atoms with Crippen LogP contribution in [0.5, 0.6) is 0 Å². The molecular formula is C15H18N4O2. The zero-order valence-electron chi connectivity index (χ0n) is 12.5. The second kappa shape index (κ2) is 5.87. The number of nitrogens with zero attached hydrogens (tertiary/aromatic N) is 3. The van der Waals surface area contributed by atoms with E-state index in [1.807, 2.05) is 26.8 Å². The summed E-state index contributed by atoms with van der Waals surface area (Å²) in [5.41, 5.74) is 2.53. The second-order valence-electron chi connectivity index (χ2n) is 5.16. The Bertz CT molecular complexity index is 683. The first-order valence-corrected chi connectivity index (χ1v) is 6.74. The molecule has 0 bridgehead atoms. The molecule has 0 saturated carbocycles. The first-order valence-electron chi connectivity index (χ1n) is 6.74. The normalized spacial score (nSPS) is 10.7. The summed E-state index contributed by atoms with van der Waals surface area (Å²) >= 11 is 0. The van der Waals surface area contributed by atoms with E-state index in [0.717, 1.165) is 11.3 Å². The van der Waals surface area contributed by atoms with Gasteiger partial charge in [0.05, 0.1) is 4.92 Å². The van der Waals surface area contributed by atoms with Gasteiger partial charge in [-0.15, -0.1) is 0 Å². The van der Waals surface area contributed by atoms with Crippen LogP contribution in [0.25, 0.3) is 11.4 Å². The highest BCUT2D eigenvalue weighted by atomic mass is 16.6. The van der Waals surface area contributed by atoms with Gasteiger partial charge in [-0.3, -0.25) is 10.1 Å². The first kappa shape index (κ1) is 14.9. The van der Waals surface area contributed by atoms with Gasteiger partial charge in [0.15, 0.2) is 5.82 Å². The van der Waals surface area contributed by atoms with Gasteiger partial charge >= 0.3 is 0 Å². The number of anilines is 1. The molecule has 0 unspecified atom stereocenters. The fraction of sp³-hybridized carbons (Fsp3) is 0.333. The van der Waals surface area contributed by atoms with Crippen molar-refractivity contribution in [3.63, 3.8) is 0 Å². The van der Waals surface area contributed by atoms with Gasteiger partial charge in [-0.25, -0.2) is 9.97 Å². The molecule has 6 heteroatoms. The van der Waals surface area contributed by atoms with Crippen molar-refractivity contribution >= 4 is 11.5 Å². The van der Waals surface area contributed by atoms with E-state index in [1.54, 1.807) is 13.1 Å². The van der Waals surface area contributed by atoms with Gasteiger partial charge in [-0.2, -0.15) is 0 Å². The molecule has 2 rings (SSSR count). The maximum absolute atomic E-state index is 10.9. The molecule has 0 spiro atoms. The maximum Gasteiger partial charge on any atom is 0.270 e. The van der Waals surface area contributed by atoms with Crippen LogP contribution in [0.2, 0.25) is 0 Å². The van der Waals surface area contributed by atoms with Crippen LogP contribution in [0.15, 0.2) is 24.3 Å². The largest absolute Gasteiger partial charge is 0.373 e. The summed E-state index contributed by atoms with van der Waals surface area (Å²) < 4.78 is 0. The van der Waals surface area contributed by atoms with Crippen LogP contribution in [-0.2, 0) is 0 Å². The molecular weight excluding hydrogens is 268 g/mol. The van der Waals surface area contributed by atoms with Crippen molar-refractivity contribution in [3.8, 4) is 11.4 Å². The van der Waals surface area contributed by atoms with E-state index in [-0.39, 0.29) is 11.6 Å². The van der Waals surface area contributed by atoms with Gasteiger partial charge in [0.2, 0.25) is 0 Å². The molecule has 0 aliphatic carbocycles. The minimum Gasteiger partial charge on any atom is -0.373 e. The summed E-state index contributed by atoms with van der Waals surface area (Å²) in [6, 6.07) is 6.62. The zero-order valence-corrected chi connectivity index (χ0v) is 12.5. The minimum absolute atomic E-state index is 0.0418. The van der Waals surface area contributed by atoms with Crippen molar-refractivity contribution in [3.05, 3.63) is 45.6 Å². The van der Waals surface area contributed by atoms with Crippen LogP contribution in [0.1, 0.15) is 31.0 Å². The standard InChI is InChI=1S/C15H18N4O2/c1-9(2)13-8-14(16-4)18-15(17-13)12-7-11(19(20)21)6-5-10(12)3/h5-9H,1-4H3,(H,16,17,18). The number of aromatic nitrogens is 2. The molecule has 2 aromatic rings. The van der Waals surface area contributed by atoms with E-state index in [4.69, 9.17) is 0 Å². The summed E-state index contributed by atoms with van der Waals surface area (Å²) in [7, 11) is 1.79. The van der Waals surface area contributed by atoms with E-state index in [1.165, 1.54) is 12.1 Å². The summed E-state index contributed by atoms with van der Waals surface area (Å²) in [6.07, 6.45) is 0. The Morgan fingerprint density at radius 3 is 2.52 bits per heavy atom. The lowest BCUT2D eigenvalue weighted by Gasteiger charge is -2.11. The third-order valence-corrected chi connectivity index (χ3v) is 3.27. The highest BCUT2D eigenvalue weighted by Gasteiger charge is 2.14. The number of nitro benzene ring substituents is 1. The monoisotopic (exact) mass is 286 g/mol. The van der Waals surface area contributed by atoms with Gasteiger partial charge in [0, 0.05) is 36.5 Å². The van der Waals surface area contributed by atoms with E-state index in [9.17, 15) is 10.1 Å². The van der Waals surface area contributed by atoms with Crippen molar-refractivity contribution in [1.29, 1.82) is 0 Å². The Hall–Kier alpha value is -2.50. The van der Waals surface area contributed by atoms with E-state index in [2.05, 4.69) is 15.3 Å². The Morgan fingerprint density at radius 2 is 1.95 bits per heavy atom. The van der Waals surface area contributed by atoms with Crippen LogP contribution in [0, 0.1) is 17.0 Å². The molecule has 21 heavy (non-hydrogen) atoms. The van der Waals surface area contributed by atoms with E-state index in [0.29, 0.717) is 17.2 Å². The van der Waals surface area contributed by atoms with Gasteiger partial charge in [-0.1, -0.05) is 19.9 Å². The summed E-state index contributed by atoms with van der Waals surface area (Å²) in [6.45, 7) is 5.99. The Balaban J connectivity index is 2.62. The molecule has 0 amide bonds. The lowest BCUT2D eigenvalue weighted by molar-refractivity contribution is -0.384. The van der Waals surface area contributed by atoms with Crippen LogP contribution in [0.3, 0.4) is 0 Å². The van der Waals surface area contributed by atoms with E-state index < -0.39 is 4.92 Å². The predicted octanol–water partition coefficient (Wildman–Crippen LogP) is 3.53. The molecule has 0 saturated heterocycles. The average molecular weight is 286 g/mol. The number of benzene rings is 1. The third kappa shape index (κ3) is 3.16. The number of aryl methyl sites for hydroxylation is 1. The Kier molecular flexibility index (Phi) is 4.16. The molecule has 0 radical (unpaired) electrons. The highest BCUT2D eigenvalue weighted by molar-refractivity contribution is 5.65. The average Bonchev–Trinajstić information content (AvgIpc) is 2.46. The number of non-ortho nitro benzene ring substituents is 1. The first-order chi connectivity index (χ1) is 9.92. The molecule has 6 nitrogen and oxygen atoms in total. The number of hydrogen-bond donors (Lipinski definition) is 1. The molecule has 0 aliphatic rings. The zero-order chi connectivity index (χ0) is 15.6. The van der Waals surface area contributed by atoms with E-state index >= 15 is 0 Å². The molecule has 1 aromatic heterocycles. The fourth-order valence-electron chi connectivity index (χ4n) is 1.97. The minimum atomic E-state index is -0.409. The molecule has 0 aliphatic heterocycles. The third-order valence-electron chi connectivity index (χ3n) is 3.27. The van der Waals surface area contributed by atoms with Gasteiger partial charge in [-0.05, 0) is 18.4 Å². The summed E-state index contributed by atoms with van der Waals surface area (Å²) in [5.74, 6) is 1.46. The van der Waals surface area contributed by atoms with Crippen molar-refractivity contribution in [2.24, 2.45) is 0 Å².